The average molecular weight is 539 g/mol. The molecule has 194 valence electrons. The molecule has 0 saturated carbocycles. The number of hydrogen-bond acceptors (Lipinski definition) is 8. The van der Waals surface area contributed by atoms with E-state index in [1.807, 2.05) is 44.2 Å². The Labute approximate surface area is 225 Å². The first-order chi connectivity index (χ1) is 17.8. The third kappa shape index (κ3) is 5.50. The molecule has 1 amide bonds. The molecular formula is C27H30N4O4S2. The van der Waals surface area contributed by atoms with Gasteiger partial charge in [0.2, 0.25) is 0 Å². The van der Waals surface area contributed by atoms with E-state index in [2.05, 4.69) is 12.2 Å². The van der Waals surface area contributed by atoms with Crippen LogP contribution in [0.1, 0.15) is 37.0 Å². The number of anilines is 1. The van der Waals surface area contributed by atoms with Gasteiger partial charge in [-0.15, -0.1) is 0 Å². The summed E-state index contributed by atoms with van der Waals surface area (Å²) in [5.41, 5.74) is 2.56. The van der Waals surface area contributed by atoms with Crippen LogP contribution in [0.25, 0.3) is 11.7 Å². The van der Waals surface area contributed by atoms with Gasteiger partial charge in [-0.25, -0.2) is 4.98 Å². The molecule has 1 fully saturated rings. The molecule has 2 aromatic heterocycles. The van der Waals surface area contributed by atoms with Gasteiger partial charge in [-0.1, -0.05) is 43.0 Å². The first kappa shape index (κ1) is 26.7. The Morgan fingerprint density at radius 1 is 1.19 bits per heavy atom. The number of pyridine rings is 1. The Balaban J connectivity index is 1.64. The van der Waals surface area contributed by atoms with Gasteiger partial charge < -0.3 is 14.8 Å². The fraction of sp³-hybridized carbons (Fsp3) is 0.333. The van der Waals surface area contributed by atoms with Crippen molar-refractivity contribution in [2.45, 2.75) is 39.7 Å². The summed E-state index contributed by atoms with van der Waals surface area (Å²) in [6.45, 7) is 6.40. The molecular weight excluding hydrogens is 508 g/mol. The number of rotatable bonds is 9. The van der Waals surface area contributed by atoms with E-state index < -0.39 is 0 Å². The van der Waals surface area contributed by atoms with Crippen molar-refractivity contribution < 1.29 is 14.3 Å². The van der Waals surface area contributed by atoms with Gasteiger partial charge in [-0.05, 0) is 62.1 Å². The second-order valence-electron chi connectivity index (χ2n) is 8.79. The third-order valence-electron chi connectivity index (χ3n) is 6.30. The fourth-order valence-corrected chi connectivity index (χ4v) is 5.28. The number of ether oxygens (including phenoxy) is 2. The van der Waals surface area contributed by atoms with Crippen molar-refractivity contribution in [1.82, 2.24) is 14.3 Å². The van der Waals surface area contributed by atoms with Gasteiger partial charge in [0.15, 0.2) is 11.5 Å². The van der Waals surface area contributed by atoms with Crippen molar-refractivity contribution in [3.8, 4) is 11.5 Å². The van der Waals surface area contributed by atoms with Crippen molar-refractivity contribution >= 4 is 51.7 Å². The monoisotopic (exact) mass is 538 g/mol. The number of benzene rings is 1. The highest BCUT2D eigenvalue weighted by Crippen LogP contribution is 2.34. The third-order valence-corrected chi connectivity index (χ3v) is 7.68. The lowest BCUT2D eigenvalue weighted by Gasteiger charge is -2.16. The second kappa shape index (κ2) is 11.4. The molecule has 10 heteroatoms. The Bertz CT molecular complexity index is 1450. The normalized spacial score (nSPS) is 15.5. The number of amides is 1. The minimum Gasteiger partial charge on any atom is -0.493 e. The van der Waals surface area contributed by atoms with Gasteiger partial charge >= 0.3 is 0 Å². The molecule has 0 radical (unpaired) electrons. The summed E-state index contributed by atoms with van der Waals surface area (Å²) in [5.74, 6) is 1.51. The molecule has 1 aliphatic rings. The first-order valence-electron chi connectivity index (χ1n) is 12.0. The number of carbonyl (C=O) groups is 1. The van der Waals surface area contributed by atoms with E-state index in [9.17, 15) is 9.59 Å². The van der Waals surface area contributed by atoms with Crippen molar-refractivity contribution in [1.29, 1.82) is 0 Å². The van der Waals surface area contributed by atoms with Crippen molar-refractivity contribution in [3.05, 3.63) is 68.5 Å². The number of nitrogens with zero attached hydrogens (tertiary/aromatic N) is 3. The lowest BCUT2D eigenvalue weighted by molar-refractivity contribution is -0.122. The van der Waals surface area contributed by atoms with E-state index in [0.717, 1.165) is 17.5 Å². The zero-order valence-corrected chi connectivity index (χ0v) is 23.2. The number of thioether (sulfide) groups is 1. The standard InChI is InChI=1S/C27H30N4O4S2/c1-6-17(3)28-23-19(25(32)30-12-7-8-16(2)24(30)29-23)15-22-26(33)31(27(36)37-22)13-11-18-9-10-20(34-4)21(14-18)35-5/h7-10,12,14-15,17,28H,6,11,13H2,1-5H3/b22-15-. The summed E-state index contributed by atoms with van der Waals surface area (Å²) in [6, 6.07) is 9.49. The minimum absolute atomic E-state index is 0.0986. The molecule has 1 atom stereocenters. The molecule has 0 bridgehead atoms. The van der Waals surface area contributed by atoms with Gasteiger partial charge in [-0.2, -0.15) is 0 Å². The minimum atomic E-state index is -0.241. The maximum absolute atomic E-state index is 13.5. The molecule has 0 aliphatic carbocycles. The van der Waals surface area contributed by atoms with Crippen LogP contribution in [0.3, 0.4) is 0 Å². The van der Waals surface area contributed by atoms with E-state index in [4.69, 9.17) is 26.7 Å². The summed E-state index contributed by atoms with van der Waals surface area (Å²) in [7, 11) is 3.18. The van der Waals surface area contributed by atoms with Crippen molar-refractivity contribution in [3.63, 3.8) is 0 Å². The molecule has 1 unspecified atom stereocenters. The summed E-state index contributed by atoms with van der Waals surface area (Å²) in [5, 5.41) is 3.34. The Kier molecular flexibility index (Phi) is 8.19. The van der Waals surface area contributed by atoms with Crippen LogP contribution in [0, 0.1) is 6.92 Å². The maximum Gasteiger partial charge on any atom is 0.267 e. The Morgan fingerprint density at radius 2 is 1.95 bits per heavy atom. The van der Waals surface area contributed by atoms with E-state index in [-0.39, 0.29) is 17.5 Å². The van der Waals surface area contributed by atoms with Crippen LogP contribution in [0.15, 0.2) is 46.2 Å². The van der Waals surface area contributed by atoms with Gasteiger partial charge in [0.25, 0.3) is 11.5 Å². The van der Waals surface area contributed by atoms with Gasteiger partial charge in [-0.3, -0.25) is 18.9 Å². The molecule has 3 heterocycles. The van der Waals surface area contributed by atoms with Crippen LogP contribution >= 0.6 is 24.0 Å². The van der Waals surface area contributed by atoms with Crippen LogP contribution in [-0.4, -0.2) is 51.3 Å². The Hall–Kier alpha value is -3.37. The van der Waals surface area contributed by atoms with Crippen molar-refractivity contribution in [2.24, 2.45) is 0 Å². The Morgan fingerprint density at radius 3 is 2.65 bits per heavy atom. The highest BCUT2D eigenvalue weighted by Gasteiger charge is 2.32. The van der Waals surface area contributed by atoms with E-state index in [1.165, 1.54) is 16.2 Å². The summed E-state index contributed by atoms with van der Waals surface area (Å²) < 4.78 is 12.7. The lowest BCUT2D eigenvalue weighted by atomic mass is 10.1. The summed E-state index contributed by atoms with van der Waals surface area (Å²) >= 11 is 6.73. The number of thiocarbonyl (C=S) groups is 1. The first-order valence-corrected chi connectivity index (χ1v) is 13.2. The molecule has 4 rings (SSSR count). The molecule has 1 aliphatic heterocycles. The molecule has 8 nitrogen and oxygen atoms in total. The van der Waals surface area contributed by atoms with Crippen LogP contribution in [0.4, 0.5) is 5.82 Å². The number of aromatic nitrogens is 2. The molecule has 37 heavy (non-hydrogen) atoms. The predicted octanol–water partition coefficient (Wildman–Crippen LogP) is 4.67. The number of fused-ring (bicyclic) bond motifs is 1. The number of hydrogen-bond donors (Lipinski definition) is 1. The number of nitrogens with one attached hydrogen (secondary N) is 1. The largest absolute Gasteiger partial charge is 0.493 e. The number of methoxy groups -OCH3 is 2. The highest BCUT2D eigenvalue weighted by molar-refractivity contribution is 8.26. The number of carbonyl (C=O) groups excluding carboxylic acids is 1. The van der Waals surface area contributed by atoms with E-state index in [0.29, 0.717) is 50.7 Å². The second-order valence-corrected chi connectivity index (χ2v) is 10.5. The van der Waals surface area contributed by atoms with Gasteiger partial charge in [0, 0.05) is 18.8 Å². The van der Waals surface area contributed by atoms with Crippen LogP contribution < -0.4 is 20.3 Å². The predicted molar refractivity (Wildman–Crippen MR) is 153 cm³/mol. The molecule has 3 aromatic rings. The number of aryl methyl sites for hydroxylation is 1. The molecule has 1 aromatic carbocycles. The highest BCUT2D eigenvalue weighted by atomic mass is 32.2. The zero-order valence-electron chi connectivity index (χ0n) is 21.5. The smallest absolute Gasteiger partial charge is 0.267 e. The maximum atomic E-state index is 13.5. The summed E-state index contributed by atoms with van der Waals surface area (Å²) in [6.07, 6.45) is 4.74. The fourth-order valence-electron chi connectivity index (χ4n) is 3.99. The topological polar surface area (TPSA) is 85.2 Å². The van der Waals surface area contributed by atoms with Crippen LogP contribution in [0.5, 0.6) is 11.5 Å². The van der Waals surface area contributed by atoms with E-state index >= 15 is 0 Å². The molecule has 0 spiro atoms. The van der Waals surface area contributed by atoms with Crippen molar-refractivity contribution in [2.75, 3.05) is 26.1 Å². The van der Waals surface area contributed by atoms with E-state index in [1.54, 1.807) is 31.4 Å². The molecule has 1 saturated heterocycles. The van der Waals surface area contributed by atoms with Crippen LogP contribution in [-0.2, 0) is 11.2 Å². The van der Waals surface area contributed by atoms with Crippen LogP contribution in [0.2, 0.25) is 0 Å². The van der Waals surface area contributed by atoms with Gasteiger partial charge in [0.05, 0.1) is 24.7 Å². The zero-order chi connectivity index (χ0) is 26.7. The summed E-state index contributed by atoms with van der Waals surface area (Å²) in [4.78, 5) is 33.6. The molecule has 1 N–H and O–H groups in total. The average Bonchev–Trinajstić information content (AvgIpc) is 3.16. The SMILES string of the molecule is CCC(C)Nc1nc2c(C)cccn2c(=O)c1/C=C1\SC(=S)N(CCc2ccc(OC)c(OC)c2)C1=O. The lowest BCUT2D eigenvalue weighted by Crippen LogP contribution is -2.30. The van der Waals surface area contributed by atoms with Gasteiger partial charge in [0.1, 0.15) is 15.8 Å². The quantitative estimate of drug-likeness (QED) is 0.311.